The lowest BCUT2D eigenvalue weighted by Gasteiger charge is -2.37. The molecule has 2 aromatic carbocycles. The molecule has 1 aliphatic rings. The third-order valence-electron chi connectivity index (χ3n) is 5.98. The zero-order chi connectivity index (χ0) is 23.7. The molecule has 172 valence electrons. The Morgan fingerprint density at radius 1 is 1.03 bits per heavy atom. The maximum absolute atomic E-state index is 13.2. The minimum atomic E-state index is -0.652. The minimum absolute atomic E-state index is 0.00996. The standard InChI is InChI=1S/C25H26FN3O4/c1-4-33-25(32)21-22(19-15-16(2)5-10-20(19)27(3)24(21)31)28-11-13-29(14-12-28)23(30)17-6-8-18(26)9-7-17/h5-10,15H,4,11-14H2,1-3H3. The fraction of sp³-hybridized carbons (Fsp3) is 0.320. The number of hydrogen-bond acceptors (Lipinski definition) is 5. The summed E-state index contributed by atoms with van der Waals surface area (Å²) in [4.78, 5) is 42.5. The van der Waals surface area contributed by atoms with E-state index in [0.717, 1.165) is 16.5 Å². The summed E-state index contributed by atoms with van der Waals surface area (Å²) >= 11 is 0. The van der Waals surface area contributed by atoms with Crippen LogP contribution in [0.3, 0.4) is 0 Å². The Kier molecular flexibility index (Phi) is 6.18. The van der Waals surface area contributed by atoms with E-state index >= 15 is 0 Å². The predicted octanol–water partition coefficient (Wildman–Crippen LogP) is 3.13. The van der Waals surface area contributed by atoms with Crippen LogP contribution in [0.4, 0.5) is 10.1 Å². The molecule has 0 N–H and O–H groups in total. The molecule has 0 bridgehead atoms. The first-order valence-corrected chi connectivity index (χ1v) is 10.9. The van der Waals surface area contributed by atoms with Gasteiger partial charge in [-0.1, -0.05) is 11.6 Å². The van der Waals surface area contributed by atoms with E-state index in [2.05, 4.69) is 0 Å². The van der Waals surface area contributed by atoms with Crippen molar-refractivity contribution in [2.45, 2.75) is 13.8 Å². The average Bonchev–Trinajstić information content (AvgIpc) is 2.81. The van der Waals surface area contributed by atoms with Gasteiger partial charge < -0.3 is 19.1 Å². The summed E-state index contributed by atoms with van der Waals surface area (Å²) in [7, 11) is 1.64. The molecule has 0 aliphatic carbocycles. The molecule has 0 saturated carbocycles. The number of carbonyl (C=O) groups is 2. The summed E-state index contributed by atoms with van der Waals surface area (Å²) in [6, 6.07) is 11.2. The van der Waals surface area contributed by atoms with E-state index in [1.165, 1.54) is 28.8 Å². The van der Waals surface area contributed by atoms with E-state index in [1.807, 2.05) is 30.0 Å². The van der Waals surface area contributed by atoms with Crippen molar-refractivity contribution in [2.75, 3.05) is 37.7 Å². The number of anilines is 1. The fourth-order valence-corrected chi connectivity index (χ4v) is 4.27. The quantitative estimate of drug-likeness (QED) is 0.570. The number of hydrogen-bond donors (Lipinski definition) is 0. The molecule has 1 fully saturated rings. The molecule has 1 saturated heterocycles. The van der Waals surface area contributed by atoms with E-state index in [0.29, 0.717) is 37.4 Å². The van der Waals surface area contributed by atoms with Crippen LogP contribution in [0, 0.1) is 12.7 Å². The van der Waals surface area contributed by atoms with Gasteiger partial charge in [0.05, 0.1) is 17.8 Å². The van der Waals surface area contributed by atoms with Crippen LogP contribution in [-0.4, -0.2) is 54.1 Å². The second-order valence-electron chi connectivity index (χ2n) is 8.11. The highest BCUT2D eigenvalue weighted by Gasteiger charge is 2.29. The smallest absolute Gasteiger partial charge is 0.345 e. The topological polar surface area (TPSA) is 71.8 Å². The number of nitrogens with zero attached hydrogens (tertiary/aromatic N) is 3. The summed E-state index contributed by atoms with van der Waals surface area (Å²) in [6.45, 7) is 5.51. The maximum atomic E-state index is 13.2. The van der Waals surface area contributed by atoms with Crippen LogP contribution in [-0.2, 0) is 11.8 Å². The molecular weight excluding hydrogens is 425 g/mol. The Morgan fingerprint density at radius 2 is 1.70 bits per heavy atom. The number of pyridine rings is 1. The van der Waals surface area contributed by atoms with E-state index in [-0.39, 0.29) is 18.1 Å². The number of rotatable bonds is 4. The summed E-state index contributed by atoms with van der Waals surface area (Å²) in [5.74, 6) is -1.22. The van der Waals surface area contributed by atoms with Crippen LogP contribution < -0.4 is 10.5 Å². The molecule has 8 heteroatoms. The molecule has 4 rings (SSSR count). The largest absolute Gasteiger partial charge is 0.462 e. The van der Waals surface area contributed by atoms with Crippen molar-refractivity contribution < 1.29 is 18.7 Å². The second kappa shape index (κ2) is 9.05. The highest BCUT2D eigenvalue weighted by Crippen LogP contribution is 2.31. The van der Waals surface area contributed by atoms with Crippen LogP contribution in [0.1, 0.15) is 33.2 Å². The van der Waals surface area contributed by atoms with E-state index < -0.39 is 17.3 Å². The second-order valence-corrected chi connectivity index (χ2v) is 8.11. The zero-order valence-corrected chi connectivity index (χ0v) is 18.9. The molecule has 1 aromatic heterocycles. The van der Waals surface area contributed by atoms with Crippen molar-refractivity contribution in [3.05, 3.63) is 75.3 Å². The summed E-state index contributed by atoms with van der Waals surface area (Å²) in [6.07, 6.45) is 0. The Hall–Kier alpha value is -3.68. The zero-order valence-electron chi connectivity index (χ0n) is 18.9. The predicted molar refractivity (Wildman–Crippen MR) is 124 cm³/mol. The van der Waals surface area contributed by atoms with E-state index in [4.69, 9.17) is 4.74 Å². The maximum Gasteiger partial charge on any atom is 0.345 e. The SMILES string of the molecule is CCOC(=O)c1c(N2CCN(C(=O)c3ccc(F)cc3)CC2)c2cc(C)ccc2n(C)c1=O. The molecule has 2 heterocycles. The lowest BCUT2D eigenvalue weighted by atomic mass is 10.0. The van der Waals surface area contributed by atoms with Crippen LogP contribution in [0.2, 0.25) is 0 Å². The van der Waals surface area contributed by atoms with Crippen LogP contribution in [0.15, 0.2) is 47.3 Å². The number of fused-ring (bicyclic) bond motifs is 1. The minimum Gasteiger partial charge on any atom is -0.462 e. The first-order valence-electron chi connectivity index (χ1n) is 10.9. The average molecular weight is 451 g/mol. The van der Waals surface area contributed by atoms with Gasteiger partial charge >= 0.3 is 5.97 Å². The van der Waals surface area contributed by atoms with E-state index in [9.17, 15) is 18.8 Å². The van der Waals surface area contributed by atoms with Gasteiger partial charge in [-0.2, -0.15) is 0 Å². The molecule has 0 atom stereocenters. The Morgan fingerprint density at radius 3 is 2.33 bits per heavy atom. The number of ether oxygens (including phenoxy) is 1. The van der Waals surface area contributed by atoms with Crippen LogP contribution >= 0.6 is 0 Å². The van der Waals surface area contributed by atoms with Crippen LogP contribution in [0.5, 0.6) is 0 Å². The van der Waals surface area contributed by atoms with Crippen molar-refractivity contribution >= 4 is 28.5 Å². The van der Waals surface area contributed by atoms with Gasteiger partial charge in [-0.05, 0) is 50.2 Å². The summed E-state index contributed by atoms with van der Waals surface area (Å²) in [5.41, 5.74) is 2.29. The molecule has 0 radical (unpaired) electrons. The fourth-order valence-electron chi connectivity index (χ4n) is 4.27. The van der Waals surface area contributed by atoms with Gasteiger partial charge in [0.1, 0.15) is 11.4 Å². The first-order chi connectivity index (χ1) is 15.8. The number of benzene rings is 2. The van der Waals surface area contributed by atoms with E-state index in [1.54, 1.807) is 18.9 Å². The molecule has 1 aliphatic heterocycles. The number of amides is 1. The van der Waals surface area contributed by atoms with Crippen LogP contribution in [0.25, 0.3) is 10.9 Å². The Labute approximate surface area is 191 Å². The third-order valence-corrected chi connectivity index (χ3v) is 5.98. The van der Waals surface area contributed by atoms with Gasteiger partial charge in [-0.25, -0.2) is 9.18 Å². The van der Waals surface area contributed by atoms with Gasteiger partial charge in [-0.15, -0.1) is 0 Å². The lowest BCUT2D eigenvalue weighted by molar-refractivity contribution is 0.0523. The van der Waals surface area contributed by atoms with Gasteiger partial charge in [0.2, 0.25) is 0 Å². The molecule has 7 nitrogen and oxygen atoms in total. The number of esters is 1. The number of aromatic nitrogens is 1. The van der Waals surface area contributed by atoms with Crippen molar-refractivity contribution in [3.8, 4) is 0 Å². The first kappa shape index (κ1) is 22.5. The summed E-state index contributed by atoms with van der Waals surface area (Å²) in [5, 5.41) is 0.790. The number of aryl methyl sites for hydroxylation is 2. The molecule has 33 heavy (non-hydrogen) atoms. The lowest BCUT2D eigenvalue weighted by Crippen LogP contribution is -2.49. The van der Waals surface area contributed by atoms with Crippen molar-refractivity contribution in [1.29, 1.82) is 0 Å². The molecule has 0 unspecified atom stereocenters. The van der Waals surface area contributed by atoms with Crippen molar-refractivity contribution in [1.82, 2.24) is 9.47 Å². The Bertz CT molecular complexity index is 1280. The molecule has 0 spiro atoms. The van der Waals surface area contributed by atoms with Crippen molar-refractivity contribution in [2.24, 2.45) is 7.05 Å². The Balaban J connectivity index is 1.71. The number of piperazine rings is 1. The molecule has 1 amide bonds. The van der Waals surface area contributed by atoms with Gasteiger partial charge in [-0.3, -0.25) is 9.59 Å². The highest BCUT2D eigenvalue weighted by atomic mass is 19.1. The number of carbonyl (C=O) groups excluding carboxylic acids is 2. The normalized spacial score (nSPS) is 13.9. The summed E-state index contributed by atoms with van der Waals surface area (Å²) < 4.78 is 19.9. The molecule has 3 aromatic rings. The molecular formula is C25H26FN3O4. The highest BCUT2D eigenvalue weighted by molar-refractivity contribution is 6.05. The van der Waals surface area contributed by atoms with Gasteiger partial charge in [0.15, 0.2) is 0 Å². The van der Waals surface area contributed by atoms with Gasteiger partial charge in [0, 0.05) is 44.2 Å². The monoisotopic (exact) mass is 451 g/mol. The van der Waals surface area contributed by atoms with Gasteiger partial charge in [0.25, 0.3) is 11.5 Å². The van der Waals surface area contributed by atoms with Crippen molar-refractivity contribution in [3.63, 3.8) is 0 Å². The third kappa shape index (κ3) is 4.20. The number of halogens is 1.